The van der Waals surface area contributed by atoms with Crippen molar-refractivity contribution in [3.63, 3.8) is 0 Å². The average Bonchev–Trinajstić information content (AvgIpc) is 2.54. The maximum atomic E-state index is 12.5. The zero-order valence-electron chi connectivity index (χ0n) is 12.1. The van der Waals surface area contributed by atoms with Crippen LogP contribution in [0.3, 0.4) is 0 Å². The van der Waals surface area contributed by atoms with Crippen LogP contribution in [-0.2, 0) is 14.8 Å². The predicted molar refractivity (Wildman–Crippen MR) is 86.2 cm³/mol. The maximum absolute atomic E-state index is 12.5. The molecule has 1 aliphatic heterocycles. The number of amides is 1. The second kappa shape index (κ2) is 5.40. The van der Waals surface area contributed by atoms with Crippen LogP contribution in [0.1, 0.15) is 5.56 Å². The molecule has 0 atom stereocenters. The number of nitrogens with one attached hydrogen (secondary N) is 1. The molecule has 3 rings (SSSR count). The van der Waals surface area contributed by atoms with Crippen LogP contribution in [0.2, 0.25) is 0 Å². The van der Waals surface area contributed by atoms with Gasteiger partial charge in [0, 0.05) is 18.9 Å². The van der Waals surface area contributed by atoms with E-state index in [0.717, 1.165) is 4.31 Å². The van der Waals surface area contributed by atoms with Gasteiger partial charge in [-0.05, 0) is 24.3 Å². The number of benzene rings is 1. The Kier molecular flexibility index (Phi) is 3.53. The van der Waals surface area contributed by atoms with Gasteiger partial charge in [0.1, 0.15) is 0 Å². The molecule has 1 amide bonds. The van der Waals surface area contributed by atoms with Crippen LogP contribution in [0.15, 0.2) is 53.6 Å². The molecule has 0 aliphatic carbocycles. The van der Waals surface area contributed by atoms with Crippen molar-refractivity contribution in [2.24, 2.45) is 0 Å². The summed E-state index contributed by atoms with van der Waals surface area (Å²) >= 11 is 0. The fourth-order valence-corrected chi connectivity index (χ4v) is 3.55. The molecular formula is C15H13N3O4S. The van der Waals surface area contributed by atoms with Gasteiger partial charge in [-0.2, -0.15) is 0 Å². The molecule has 0 fully saturated rings. The molecule has 1 aliphatic rings. The first-order valence-electron chi connectivity index (χ1n) is 6.67. The number of nitrogens with zero attached hydrogens (tertiary/aromatic N) is 2. The van der Waals surface area contributed by atoms with E-state index in [0.29, 0.717) is 5.69 Å². The number of carbonyl (C=O) groups is 1. The van der Waals surface area contributed by atoms with Crippen LogP contribution in [0.25, 0.3) is 5.76 Å². The number of aliphatic hydroxyl groups is 1. The summed E-state index contributed by atoms with van der Waals surface area (Å²) in [5.41, 5.74) is 0.607. The summed E-state index contributed by atoms with van der Waals surface area (Å²) in [4.78, 5) is 15.6. The van der Waals surface area contributed by atoms with Crippen molar-refractivity contribution < 1.29 is 18.3 Å². The largest absolute Gasteiger partial charge is 0.506 e. The van der Waals surface area contributed by atoms with Gasteiger partial charge in [-0.3, -0.25) is 9.10 Å². The van der Waals surface area contributed by atoms with Crippen LogP contribution >= 0.6 is 0 Å². The number of aromatic nitrogens is 1. The van der Waals surface area contributed by atoms with Crippen molar-refractivity contribution in [3.8, 4) is 0 Å². The number of hydrogen-bond acceptors (Lipinski definition) is 5. The Labute approximate surface area is 132 Å². The van der Waals surface area contributed by atoms with Gasteiger partial charge in [0.15, 0.2) is 16.5 Å². The summed E-state index contributed by atoms with van der Waals surface area (Å²) in [5.74, 6) is -1.45. The molecule has 23 heavy (non-hydrogen) atoms. The molecule has 0 unspecified atom stereocenters. The third kappa shape index (κ3) is 2.42. The van der Waals surface area contributed by atoms with Crippen molar-refractivity contribution in [1.29, 1.82) is 0 Å². The Morgan fingerprint density at radius 1 is 1.17 bits per heavy atom. The van der Waals surface area contributed by atoms with E-state index < -0.39 is 26.6 Å². The molecule has 7 nitrogen and oxygen atoms in total. The molecule has 0 spiro atoms. The topological polar surface area (TPSA) is 99.6 Å². The summed E-state index contributed by atoms with van der Waals surface area (Å²) in [6.07, 6.45) is 1.41. The quantitative estimate of drug-likeness (QED) is 0.873. The minimum atomic E-state index is -4.20. The van der Waals surface area contributed by atoms with Gasteiger partial charge in [-0.15, -0.1) is 0 Å². The minimum absolute atomic E-state index is 0.0706. The summed E-state index contributed by atoms with van der Waals surface area (Å²) in [5, 5.41) is 12.8. The predicted octanol–water partition coefficient (Wildman–Crippen LogP) is 1.73. The molecule has 2 N–H and O–H groups in total. The molecule has 2 heterocycles. The Morgan fingerprint density at radius 2 is 1.87 bits per heavy atom. The van der Waals surface area contributed by atoms with Crippen LogP contribution < -0.4 is 9.62 Å². The van der Waals surface area contributed by atoms with Gasteiger partial charge in [0.25, 0.3) is 15.9 Å². The molecule has 2 aromatic rings. The van der Waals surface area contributed by atoms with Gasteiger partial charge >= 0.3 is 0 Å². The third-order valence-electron chi connectivity index (χ3n) is 3.41. The van der Waals surface area contributed by atoms with E-state index in [4.69, 9.17) is 0 Å². The first kappa shape index (κ1) is 15.0. The highest BCUT2D eigenvalue weighted by Crippen LogP contribution is 2.35. The number of para-hydroxylation sites is 1. The summed E-state index contributed by atoms with van der Waals surface area (Å²) in [6, 6.07) is 11.4. The zero-order valence-corrected chi connectivity index (χ0v) is 12.9. The first-order valence-corrected chi connectivity index (χ1v) is 8.11. The molecule has 1 aromatic heterocycles. The Bertz CT molecular complexity index is 907. The lowest BCUT2D eigenvalue weighted by Gasteiger charge is -2.27. The third-order valence-corrected chi connectivity index (χ3v) is 5.20. The van der Waals surface area contributed by atoms with E-state index in [2.05, 4.69) is 10.3 Å². The van der Waals surface area contributed by atoms with Crippen molar-refractivity contribution >= 4 is 33.2 Å². The lowest BCUT2D eigenvalue weighted by molar-refractivity contribution is -0.112. The number of hydrogen-bond donors (Lipinski definition) is 2. The van der Waals surface area contributed by atoms with Crippen LogP contribution in [0.4, 0.5) is 11.5 Å². The van der Waals surface area contributed by atoms with Gasteiger partial charge in [0.05, 0.1) is 5.56 Å². The summed E-state index contributed by atoms with van der Waals surface area (Å²) < 4.78 is 25.9. The first-order chi connectivity index (χ1) is 10.9. The molecule has 1 aromatic carbocycles. The minimum Gasteiger partial charge on any atom is -0.506 e. The number of anilines is 2. The Hall–Kier alpha value is -2.87. The lowest BCUT2D eigenvalue weighted by Crippen LogP contribution is -2.37. The monoisotopic (exact) mass is 331 g/mol. The van der Waals surface area contributed by atoms with Crippen molar-refractivity contribution in [1.82, 2.24) is 4.98 Å². The fraction of sp³-hybridized carbons (Fsp3) is 0.0667. The van der Waals surface area contributed by atoms with E-state index in [9.17, 15) is 18.3 Å². The van der Waals surface area contributed by atoms with Crippen LogP contribution in [0, 0.1) is 0 Å². The molecule has 0 saturated heterocycles. The molecule has 0 bridgehead atoms. The molecular weight excluding hydrogens is 318 g/mol. The van der Waals surface area contributed by atoms with E-state index in [1.54, 1.807) is 36.4 Å². The van der Waals surface area contributed by atoms with Crippen LogP contribution in [0.5, 0.6) is 0 Å². The SMILES string of the molecule is CN1c2ncccc2C(O)=C(C(=O)Nc2ccccc2)S1(=O)=O. The van der Waals surface area contributed by atoms with E-state index in [1.807, 2.05) is 0 Å². The number of carbonyl (C=O) groups excluding carboxylic acids is 1. The molecule has 0 saturated carbocycles. The highest BCUT2D eigenvalue weighted by atomic mass is 32.2. The van der Waals surface area contributed by atoms with Crippen molar-refractivity contribution in [2.75, 3.05) is 16.7 Å². The molecule has 118 valence electrons. The molecule has 0 radical (unpaired) electrons. The second-order valence-corrected chi connectivity index (χ2v) is 6.75. The number of sulfonamides is 1. The standard InChI is InChI=1S/C15H13N3O4S/c1-18-14-11(8-5-9-16-14)12(19)13(23(18,21)22)15(20)17-10-6-3-2-4-7-10/h2-9,19H,1H3,(H,17,20). The average molecular weight is 331 g/mol. The van der Waals surface area contributed by atoms with E-state index >= 15 is 0 Å². The van der Waals surface area contributed by atoms with Gasteiger partial charge in [0.2, 0.25) is 0 Å². The summed E-state index contributed by atoms with van der Waals surface area (Å²) in [6.45, 7) is 0. The van der Waals surface area contributed by atoms with Gasteiger partial charge in [-0.25, -0.2) is 13.4 Å². The van der Waals surface area contributed by atoms with E-state index in [1.165, 1.54) is 19.3 Å². The van der Waals surface area contributed by atoms with Crippen LogP contribution in [-0.4, -0.2) is 31.5 Å². The molecule has 8 heteroatoms. The van der Waals surface area contributed by atoms with E-state index in [-0.39, 0.29) is 11.4 Å². The number of aliphatic hydroxyl groups excluding tert-OH is 1. The zero-order chi connectivity index (χ0) is 16.6. The highest BCUT2D eigenvalue weighted by molar-refractivity contribution is 7.97. The normalized spacial score (nSPS) is 16.0. The number of pyridine rings is 1. The Morgan fingerprint density at radius 3 is 2.57 bits per heavy atom. The smallest absolute Gasteiger partial charge is 0.274 e. The Balaban J connectivity index is 2.11. The maximum Gasteiger partial charge on any atom is 0.274 e. The van der Waals surface area contributed by atoms with Crippen molar-refractivity contribution in [2.45, 2.75) is 0 Å². The number of rotatable bonds is 2. The van der Waals surface area contributed by atoms with Crippen molar-refractivity contribution in [3.05, 3.63) is 59.1 Å². The highest BCUT2D eigenvalue weighted by Gasteiger charge is 2.40. The number of fused-ring (bicyclic) bond motifs is 1. The van der Waals surface area contributed by atoms with Gasteiger partial charge in [-0.1, -0.05) is 18.2 Å². The summed E-state index contributed by atoms with van der Waals surface area (Å²) in [7, 11) is -2.91. The lowest BCUT2D eigenvalue weighted by atomic mass is 10.2. The van der Waals surface area contributed by atoms with Gasteiger partial charge < -0.3 is 10.4 Å². The fourth-order valence-electron chi connectivity index (χ4n) is 2.26. The second-order valence-electron chi connectivity index (χ2n) is 4.84.